The van der Waals surface area contributed by atoms with Crippen LogP contribution in [0.5, 0.6) is 0 Å². The molecular formula is C16H25FN2. The van der Waals surface area contributed by atoms with Gasteiger partial charge in [0.15, 0.2) is 0 Å². The molecule has 1 N–H and O–H groups in total. The fourth-order valence-electron chi connectivity index (χ4n) is 2.64. The second-order valence-electron chi connectivity index (χ2n) is 5.49. The van der Waals surface area contributed by atoms with Crippen LogP contribution in [0.3, 0.4) is 0 Å². The average molecular weight is 264 g/mol. The maximum absolute atomic E-state index is 13.1. The Kier molecular flexibility index (Phi) is 5.80. The molecule has 2 rings (SSSR count). The van der Waals surface area contributed by atoms with Gasteiger partial charge in [-0.05, 0) is 49.9 Å². The largest absolute Gasteiger partial charge is 0.314 e. The van der Waals surface area contributed by atoms with E-state index in [4.69, 9.17) is 0 Å². The van der Waals surface area contributed by atoms with Crippen LogP contribution in [0.4, 0.5) is 4.39 Å². The molecule has 106 valence electrons. The summed E-state index contributed by atoms with van der Waals surface area (Å²) >= 11 is 0. The molecule has 1 aliphatic rings. The van der Waals surface area contributed by atoms with Gasteiger partial charge in [0.2, 0.25) is 0 Å². The van der Waals surface area contributed by atoms with E-state index in [9.17, 15) is 4.39 Å². The zero-order valence-electron chi connectivity index (χ0n) is 11.9. The third kappa shape index (κ3) is 4.92. The first-order chi connectivity index (χ1) is 9.25. The van der Waals surface area contributed by atoms with Crippen molar-refractivity contribution in [3.63, 3.8) is 0 Å². The first-order valence-electron chi connectivity index (χ1n) is 7.44. The molecule has 0 saturated carbocycles. The Hall–Kier alpha value is -0.930. The van der Waals surface area contributed by atoms with Crippen molar-refractivity contribution in [3.05, 3.63) is 35.1 Å². The summed E-state index contributed by atoms with van der Waals surface area (Å²) in [6.45, 7) is 7.71. The molecule has 0 radical (unpaired) electrons. The van der Waals surface area contributed by atoms with E-state index < -0.39 is 0 Å². The van der Waals surface area contributed by atoms with Crippen LogP contribution in [0.1, 0.15) is 30.4 Å². The van der Waals surface area contributed by atoms with Crippen molar-refractivity contribution < 1.29 is 4.39 Å². The minimum absolute atomic E-state index is 0.0949. The minimum atomic E-state index is -0.0949. The van der Waals surface area contributed by atoms with Crippen molar-refractivity contribution in [1.82, 2.24) is 10.2 Å². The summed E-state index contributed by atoms with van der Waals surface area (Å²) in [6.07, 6.45) is 4.82. The number of hydrogen-bond acceptors (Lipinski definition) is 2. The minimum Gasteiger partial charge on any atom is -0.314 e. The van der Waals surface area contributed by atoms with Crippen molar-refractivity contribution >= 4 is 0 Å². The van der Waals surface area contributed by atoms with E-state index in [0.717, 1.165) is 25.1 Å². The molecule has 2 nitrogen and oxygen atoms in total. The lowest BCUT2D eigenvalue weighted by atomic mass is 10.0. The lowest BCUT2D eigenvalue weighted by Crippen LogP contribution is -2.43. The van der Waals surface area contributed by atoms with Gasteiger partial charge in [0.1, 0.15) is 5.82 Å². The Bertz CT molecular complexity index is 386. The Labute approximate surface area is 116 Å². The molecule has 1 fully saturated rings. The van der Waals surface area contributed by atoms with Crippen molar-refractivity contribution in [2.75, 3.05) is 32.7 Å². The predicted octanol–water partition coefficient (Wildman–Crippen LogP) is 2.75. The first-order valence-corrected chi connectivity index (χ1v) is 7.44. The van der Waals surface area contributed by atoms with Crippen molar-refractivity contribution in [3.8, 4) is 0 Å². The van der Waals surface area contributed by atoms with Crippen LogP contribution in [0.25, 0.3) is 0 Å². The van der Waals surface area contributed by atoms with Gasteiger partial charge >= 0.3 is 0 Å². The lowest BCUT2D eigenvalue weighted by Gasteiger charge is -2.27. The van der Waals surface area contributed by atoms with Gasteiger partial charge in [-0.25, -0.2) is 4.39 Å². The molecule has 0 amide bonds. The zero-order chi connectivity index (χ0) is 13.5. The van der Waals surface area contributed by atoms with Gasteiger partial charge in [0.05, 0.1) is 0 Å². The zero-order valence-corrected chi connectivity index (χ0v) is 11.9. The lowest BCUT2D eigenvalue weighted by molar-refractivity contribution is 0.236. The summed E-state index contributed by atoms with van der Waals surface area (Å²) in [5.74, 6) is -0.0949. The van der Waals surface area contributed by atoms with E-state index in [2.05, 4.69) is 10.2 Å². The summed E-state index contributed by atoms with van der Waals surface area (Å²) in [7, 11) is 0. The van der Waals surface area contributed by atoms with E-state index in [1.807, 2.05) is 19.1 Å². The number of piperazine rings is 1. The highest BCUT2D eigenvalue weighted by Gasteiger charge is 2.08. The normalized spacial score (nSPS) is 16.7. The van der Waals surface area contributed by atoms with Crippen molar-refractivity contribution in [1.29, 1.82) is 0 Å². The number of aryl methyl sites for hydroxylation is 2. The highest BCUT2D eigenvalue weighted by Crippen LogP contribution is 2.12. The van der Waals surface area contributed by atoms with Gasteiger partial charge in [-0.1, -0.05) is 18.6 Å². The molecule has 3 heteroatoms. The number of rotatable bonds is 6. The summed E-state index contributed by atoms with van der Waals surface area (Å²) in [5, 5.41) is 3.38. The summed E-state index contributed by atoms with van der Waals surface area (Å²) < 4.78 is 13.1. The summed E-state index contributed by atoms with van der Waals surface area (Å²) in [6, 6.07) is 5.48. The molecular weight excluding hydrogens is 239 g/mol. The van der Waals surface area contributed by atoms with Crippen LogP contribution in [0, 0.1) is 12.7 Å². The molecule has 0 bridgehead atoms. The van der Waals surface area contributed by atoms with Gasteiger partial charge in [-0.3, -0.25) is 0 Å². The maximum Gasteiger partial charge on any atom is 0.126 e. The molecule has 1 heterocycles. The van der Waals surface area contributed by atoms with Crippen molar-refractivity contribution in [2.24, 2.45) is 0 Å². The van der Waals surface area contributed by atoms with E-state index in [1.165, 1.54) is 44.5 Å². The fraction of sp³-hybridized carbons (Fsp3) is 0.625. The number of nitrogens with zero attached hydrogens (tertiary/aromatic N) is 1. The standard InChI is InChI=1S/C16H25FN2/c1-14-13-15(6-7-16(14)17)5-3-2-4-10-19-11-8-18-9-12-19/h6-7,13,18H,2-5,8-12H2,1H3. The van der Waals surface area contributed by atoms with E-state index in [1.54, 1.807) is 6.07 Å². The molecule has 1 aromatic carbocycles. The van der Waals surface area contributed by atoms with Crippen LogP contribution >= 0.6 is 0 Å². The molecule has 1 saturated heterocycles. The van der Waals surface area contributed by atoms with Gasteiger partial charge in [-0.15, -0.1) is 0 Å². The Morgan fingerprint density at radius 1 is 1.16 bits per heavy atom. The Morgan fingerprint density at radius 3 is 2.68 bits per heavy atom. The van der Waals surface area contributed by atoms with E-state index in [0.29, 0.717) is 0 Å². The molecule has 0 spiro atoms. The molecule has 1 aromatic rings. The number of benzene rings is 1. The van der Waals surface area contributed by atoms with E-state index in [-0.39, 0.29) is 5.82 Å². The highest BCUT2D eigenvalue weighted by atomic mass is 19.1. The predicted molar refractivity (Wildman–Crippen MR) is 78.0 cm³/mol. The smallest absolute Gasteiger partial charge is 0.126 e. The monoisotopic (exact) mass is 264 g/mol. The van der Waals surface area contributed by atoms with Crippen LogP contribution < -0.4 is 5.32 Å². The van der Waals surface area contributed by atoms with E-state index >= 15 is 0 Å². The van der Waals surface area contributed by atoms with Crippen LogP contribution in [0.2, 0.25) is 0 Å². The number of unbranched alkanes of at least 4 members (excludes halogenated alkanes) is 2. The quantitative estimate of drug-likeness (QED) is 0.795. The van der Waals surface area contributed by atoms with Gasteiger partial charge in [-0.2, -0.15) is 0 Å². The summed E-state index contributed by atoms with van der Waals surface area (Å²) in [4.78, 5) is 2.54. The molecule has 19 heavy (non-hydrogen) atoms. The Balaban J connectivity index is 1.59. The van der Waals surface area contributed by atoms with Crippen molar-refractivity contribution in [2.45, 2.75) is 32.6 Å². The van der Waals surface area contributed by atoms with Gasteiger partial charge < -0.3 is 10.2 Å². The third-order valence-electron chi connectivity index (χ3n) is 3.87. The molecule has 1 aliphatic heterocycles. The van der Waals surface area contributed by atoms with Crippen LogP contribution in [-0.4, -0.2) is 37.6 Å². The number of halogens is 1. The van der Waals surface area contributed by atoms with Crippen LogP contribution in [0.15, 0.2) is 18.2 Å². The summed E-state index contributed by atoms with van der Waals surface area (Å²) in [5.41, 5.74) is 2.03. The number of nitrogens with one attached hydrogen (secondary N) is 1. The van der Waals surface area contributed by atoms with Crippen LogP contribution in [-0.2, 0) is 6.42 Å². The average Bonchev–Trinajstić information content (AvgIpc) is 2.43. The molecule has 0 aromatic heterocycles. The SMILES string of the molecule is Cc1cc(CCCCCN2CCNCC2)ccc1F. The second-order valence-corrected chi connectivity index (χ2v) is 5.49. The molecule has 0 aliphatic carbocycles. The number of hydrogen-bond donors (Lipinski definition) is 1. The Morgan fingerprint density at radius 2 is 1.95 bits per heavy atom. The first kappa shape index (κ1) is 14.5. The third-order valence-corrected chi connectivity index (χ3v) is 3.87. The topological polar surface area (TPSA) is 15.3 Å². The molecule has 0 atom stereocenters. The highest BCUT2D eigenvalue weighted by molar-refractivity contribution is 5.23. The second kappa shape index (κ2) is 7.61. The maximum atomic E-state index is 13.1. The van der Waals surface area contributed by atoms with Gasteiger partial charge in [0.25, 0.3) is 0 Å². The fourth-order valence-corrected chi connectivity index (χ4v) is 2.64. The molecule has 0 unspecified atom stereocenters. The van der Waals surface area contributed by atoms with Gasteiger partial charge in [0, 0.05) is 26.2 Å².